The van der Waals surface area contributed by atoms with Crippen LogP contribution < -0.4 is 14.8 Å². The Bertz CT molecular complexity index is 517. The minimum atomic E-state index is -0.253. The van der Waals surface area contributed by atoms with Crippen LogP contribution in [0, 0.1) is 0 Å². The maximum Gasteiger partial charge on any atom is 0.251 e. The van der Waals surface area contributed by atoms with Crippen molar-refractivity contribution in [3.63, 3.8) is 0 Å². The molecule has 1 amide bonds. The fourth-order valence-electron chi connectivity index (χ4n) is 1.63. The molecule has 0 saturated carbocycles. The Labute approximate surface area is 129 Å². The molecule has 0 aromatic heterocycles. The zero-order valence-electron chi connectivity index (χ0n) is 12.5. The first-order chi connectivity index (χ1) is 9.99. The molecule has 1 aromatic rings. The van der Waals surface area contributed by atoms with E-state index < -0.39 is 0 Å². The monoisotopic (exact) mass is 313 g/mol. The molecule has 1 aromatic carbocycles. The van der Waals surface area contributed by atoms with Crippen LogP contribution in [0.25, 0.3) is 0 Å². The Morgan fingerprint density at radius 2 is 2.05 bits per heavy atom. The number of hydrogen-bond acceptors (Lipinski definition) is 4. The molecule has 6 heteroatoms. The van der Waals surface area contributed by atoms with Crippen molar-refractivity contribution in [1.29, 1.82) is 0 Å². The van der Waals surface area contributed by atoms with Gasteiger partial charge in [-0.05, 0) is 19.1 Å². The van der Waals surface area contributed by atoms with Crippen molar-refractivity contribution >= 4 is 17.5 Å². The van der Waals surface area contributed by atoms with Crippen molar-refractivity contribution in [2.75, 3.05) is 34.0 Å². The van der Waals surface area contributed by atoms with E-state index >= 15 is 0 Å². The van der Waals surface area contributed by atoms with E-state index in [4.69, 9.17) is 25.8 Å². The Hall–Kier alpha value is -1.72. The lowest BCUT2D eigenvalue weighted by Gasteiger charge is -2.12. The highest BCUT2D eigenvalue weighted by Gasteiger charge is 2.14. The number of amides is 1. The van der Waals surface area contributed by atoms with Gasteiger partial charge in [0.15, 0.2) is 11.5 Å². The summed E-state index contributed by atoms with van der Waals surface area (Å²) in [6.45, 7) is 6.91. The van der Waals surface area contributed by atoms with Gasteiger partial charge in [0.1, 0.15) is 0 Å². The molecule has 1 rings (SSSR count). The summed E-state index contributed by atoms with van der Waals surface area (Å²) in [6, 6.07) is 3.11. The molecule has 5 nitrogen and oxygen atoms in total. The molecule has 0 aliphatic rings. The van der Waals surface area contributed by atoms with Crippen LogP contribution in [0.15, 0.2) is 24.3 Å². The Morgan fingerprint density at radius 3 is 2.62 bits per heavy atom. The van der Waals surface area contributed by atoms with Crippen molar-refractivity contribution in [2.45, 2.75) is 6.92 Å². The van der Waals surface area contributed by atoms with Crippen molar-refractivity contribution in [1.82, 2.24) is 5.32 Å². The van der Waals surface area contributed by atoms with Crippen molar-refractivity contribution < 1.29 is 19.0 Å². The van der Waals surface area contributed by atoms with E-state index in [0.29, 0.717) is 41.8 Å². The van der Waals surface area contributed by atoms with Gasteiger partial charge in [-0.3, -0.25) is 4.79 Å². The molecule has 0 aliphatic heterocycles. The molecule has 0 unspecified atom stereocenters. The highest BCUT2D eigenvalue weighted by Crippen LogP contribution is 2.35. The Morgan fingerprint density at radius 1 is 1.33 bits per heavy atom. The van der Waals surface area contributed by atoms with E-state index in [0.717, 1.165) is 5.57 Å². The van der Waals surface area contributed by atoms with Crippen molar-refractivity contribution in [3.8, 4) is 11.5 Å². The molecule has 0 fully saturated rings. The number of halogens is 1. The van der Waals surface area contributed by atoms with Crippen LogP contribution in [0.3, 0.4) is 0 Å². The fourth-order valence-corrected chi connectivity index (χ4v) is 1.92. The highest BCUT2D eigenvalue weighted by atomic mass is 35.5. The normalized spacial score (nSPS) is 10.1. The lowest BCUT2D eigenvalue weighted by atomic mass is 10.2. The average molecular weight is 314 g/mol. The average Bonchev–Trinajstić information content (AvgIpc) is 2.45. The van der Waals surface area contributed by atoms with E-state index in [9.17, 15) is 4.79 Å². The number of methoxy groups -OCH3 is 2. The van der Waals surface area contributed by atoms with Crippen LogP contribution in [0.1, 0.15) is 17.3 Å². The second-order valence-corrected chi connectivity index (χ2v) is 4.87. The van der Waals surface area contributed by atoms with Gasteiger partial charge in [0, 0.05) is 12.1 Å². The number of nitrogens with one attached hydrogen (secondary N) is 1. The number of ether oxygens (including phenoxy) is 3. The zero-order valence-corrected chi connectivity index (χ0v) is 13.3. The lowest BCUT2D eigenvalue weighted by molar-refractivity contribution is 0.0926. The van der Waals surface area contributed by atoms with E-state index in [1.807, 2.05) is 6.92 Å². The largest absolute Gasteiger partial charge is 0.493 e. The minimum absolute atomic E-state index is 0.253. The summed E-state index contributed by atoms with van der Waals surface area (Å²) in [4.78, 5) is 12.0. The summed E-state index contributed by atoms with van der Waals surface area (Å²) in [6.07, 6.45) is 0. The highest BCUT2D eigenvalue weighted by molar-refractivity contribution is 6.32. The predicted octanol–water partition coefficient (Wildman–Crippen LogP) is 2.68. The van der Waals surface area contributed by atoms with Gasteiger partial charge in [-0.2, -0.15) is 0 Å². The van der Waals surface area contributed by atoms with Gasteiger partial charge in [-0.25, -0.2) is 0 Å². The van der Waals surface area contributed by atoms with E-state index in [1.54, 1.807) is 6.07 Å². The molecule has 0 aliphatic carbocycles. The van der Waals surface area contributed by atoms with E-state index in [2.05, 4.69) is 11.9 Å². The fraction of sp³-hybridized carbons (Fsp3) is 0.400. The molecular weight excluding hydrogens is 294 g/mol. The number of benzene rings is 1. The first-order valence-corrected chi connectivity index (χ1v) is 6.79. The van der Waals surface area contributed by atoms with Crippen LogP contribution in [-0.4, -0.2) is 39.9 Å². The molecular formula is C15H20ClNO4. The van der Waals surface area contributed by atoms with Gasteiger partial charge in [-0.15, -0.1) is 0 Å². The third kappa shape index (κ3) is 5.28. The van der Waals surface area contributed by atoms with Crippen LogP contribution in [0.5, 0.6) is 11.5 Å². The van der Waals surface area contributed by atoms with Crippen molar-refractivity contribution in [2.24, 2.45) is 0 Å². The lowest BCUT2D eigenvalue weighted by Crippen LogP contribution is -2.27. The van der Waals surface area contributed by atoms with Gasteiger partial charge in [0.25, 0.3) is 5.91 Å². The smallest absolute Gasteiger partial charge is 0.251 e. The molecule has 0 spiro atoms. The summed E-state index contributed by atoms with van der Waals surface area (Å²) < 4.78 is 15.6. The molecule has 1 N–H and O–H groups in total. The van der Waals surface area contributed by atoms with Crippen molar-refractivity contribution in [3.05, 3.63) is 34.9 Å². The molecule has 116 valence electrons. The zero-order chi connectivity index (χ0) is 15.8. The molecule has 0 radical (unpaired) electrons. The number of rotatable bonds is 8. The van der Waals surface area contributed by atoms with Gasteiger partial charge in [0.2, 0.25) is 0 Å². The first kappa shape index (κ1) is 17.3. The molecule has 21 heavy (non-hydrogen) atoms. The van der Waals surface area contributed by atoms with Gasteiger partial charge >= 0.3 is 0 Å². The standard InChI is InChI=1S/C15H20ClNO4/c1-10(2)9-21-6-5-17-15(18)11-7-12(16)14(20-4)13(8-11)19-3/h7-8H,1,5-6,9H2,2-4H3,(H,17,18). The summed E-state index contributed by atoms with van der Waals surface area (Å²) in [5.74, 6) is 0.561. The molecule has 0 saturated heterocycles. The minimum Gasteiger partial charge on any atom is -0.493 e. The quantitative estimate of drug-likeness (QED) is 0.592. The number of carbonyl (C=O) groups is 1. The third-order valence-corrected chi connectivity index (χ3v) is 2.86. The second-order valence-electron chi connectivity index (χ2n) is 4.46. The Kier molecular flexibility index (Phi) is 7.05. The maximum atomic E-state index is 12.0. The Balaban J connectivity index is 2.62. The molecule has 0 heterocycles. The third-order valence-electron chi connectivity index (χ3n) is 2.58. The SMILES string of the molecule is C=C(C)COCCNC(=O)c1cc(Cl)c(OC)c(OC)c1. The second kappa shape index (κ2) is 8.54. The van der Waals surface area contributed by atoms with Crippen LogP contribution in [0.4, 0.5) is 0 Å². The topological polar surface area (TPSA) is 56.8 Å². The van der Waals surface area contributed by atoms with Crippen LogP contribution >= 0.6 is 11.6 Å². The van der Waals surface area contributed by atoms with Gasteiger partial charge in [0.05, 0.1) is 32.5 Å². The van der Waals surface area contributed by atoms with Gasteiger partial charge < -0.3 is 19.5 Å². The van der Waals surface area contributed by atoms with Crippen LogP contribution in [-0.2, 0) is 4.74 Å². The number of carbonyl (C=O) groups excluding carboxylic acids is 1. The molecule has 0 bridgehead atoms. The van der Waals surface area contributed by atoms with Crippen LogP contribution in [0.2, 0.25) is 5.02 Å². The van der Waals surface area contributed by atoms with E-state index in [-0.39, 0.29) is 5.91 Å². The number of hydrogen-bond donors (Lipinski definition) is 1. The summed E-state index contributed by atoms with van der Waals surface area (Å²) in [5.41, 5.74) is 1.34. The maximum absolute atomic E-state index is 12.0. The summed E-state index contributed by atoms with van der Waals surface area (Å²) in [7, 11) is 2.98. The summed E-state index contributed by atoms with van der Waals surface area (Å²) in [5, 5.41) is 3.06. The molecule has 0 atom stereocenters. The predicted molar refractivity (Wildman–Crippen MR) is 82.5 cm³/mol. The first-order valence-electron chi connectivity index (χ1n) is 6.41. The van der Waals surface area contributed by atoms with E-state index in [1.165, 1.54) is 20.3 Å². The summed E-state index contributed by atoms with van der Waals surface area (Å²) >= 11 is 6.06. The van der Waals surface area contributed by atoms with Gasteiger partial charge in [-0.1, -0.05) is 23.8 Å².